The third kappa shape index (κ3) is 4.60. The van der Waals surface area contributed by atoms with Crippen LogP contribution in [0.1, 0.15) is 52.7 Å². The van der Waals surface area contributed by atoms with Crippen LogP contribution in [-0.2, 0) is 15.6 Å². The molecule has 0 fully saturated rings. The van der Waals surface area contributed by atoms with Crippen molar-refractivity contribution in [3.63, 3.8) is 0 Å². The molecule has 6 heteroatoms. The summed E-state index contributed by atoms with van der Waals surface area (Å²) in [4.78, 5) is 10.6. The van der Waals surface area contributed by atoms with Gasteiger partial charge in [0, 0.05) is 5.56 Å². The van der Waals surface area contributed by atoms with Crippen LogP contribution in [0.15, 0.2) is 27.8 Å². The third-order valence-electron chi connectivity index (χ3n) is 3.64. The van der Waals surface area contributed by atoms with E-state index < -0.39 is 5.97 Å². The summed E-state index contributed by atoms with van der Waals surface area (Å²) in [5.41, 5.74) is 3.25. The van der Waals surface area contributed by atoms with Crippen LogP contribution in [0.25, 0.3) is 11.5 Å². The molecule has 0 atom stereocenters. The molecule has 24 heavy (non-hydrogen) atoms. The molecule has 1 N–H and O–H groups in total. The van der Waals surface area contributed by atoms with Gasteiger partial charge in [0.15, 0.2) is 0 Å². The number of hydrogen-bond acceptors (Lipinski definition) is 5. The fraction of sp³-hybridized carbons (Fsp3) is 0.500. The number of nitrogens with zero attached hydrogens (tertiary/aromatic N) is 2. The van der Waals surface area contributed by atoms with Crippen LogP contribution in [0.5, 0.6) is 0 Å². The number of hydrogen-bond donors (Lipinski definition) is 1. The number of aromatic nitrogens is 2. The Morgan fingerprint density at radius 2 is 1.58 bits per heavy atom. The molecular weight excluding hydrogens is 324 g/mol. The predicted molar refractivity (Wildman–Crippen MR) is 95.5 cm³/mol. The fourth-order valence-corrected chi connectivity index (χ4v) is 2.61. The Morgan fingerprint density at radius 3 is 2.04 bits per heavy atom. The standard InChI is InChI=1S/C18H24N2O3S/c1-17(2,3)12-7-11(8-13(9-12)18(4,5)6)15-19-20-16(23-15)24-10-14(21)22/h7-9H,10H2,1-6H3,(H,21,22). The average Bonchev–Trinajstić information content (AvgIpc) is 2.91. The van der Waals surface area contributed by atoms with Crippen molar-refractivity contribution in [2.24, 2.45) is 0 Å². The number of benzene rings is 1. The van der Waals surface area contributed by atoms with Crippen molar-refractivity contribution < 1.29 is 14.3 Å². The Bertz CT molecular complexity index is 707. The monoisotopic (exact) mass is 348 g/mol. The number of carbonyl (C=O) groups is 1. The summed E-state index contributed by atoms with van der Waals surface area (Å²) in [6, 6.07) is 6.35. The lowest BCUT2D eigenvalue weighted by Crippen LogP contribution is -2.16. The van der Waals surface area contributed by atoms with E-state index in [9.17, 15) is 4.79 Å². The van der Waals surface area contributed by atoms with E-state index in [0.29, 0.717) is 5.89 Å². The SMILES string of the molecule is CC(C)(C)c1cc(-c2nnc(SCC(=O)O)o2)cc(C(C)(C)C)c1. The van der Waals surface area contributed by atoms with Gasteiger partial charge in [0.1, 0.15) is 5.75 Å². The van der Waals surface area contributed by atoms with E-state index in [1.165, 1.54) is 11.1 Å². The number of rotatable bonds is 4. The minimum atomic E-state index is -0.913. The van der Waals surface area contributed by atoms with E-state index in [1.54, 1.807) is 0 Å². The second kappa shape index (κ2) is 6.59. The van der Waals surface area contributed by atoms with E-state index in [4.69, 9.17) is 9.52 Å². The summed E-state index contributed by atoms with van der Waals surface area (Å²) in [5, 5.41) is 17.0. The number of thioether (sulfide) groups is 1. The molecule has 1 aromatic heterocycles. The first-order chi connectivity index (χ1) is 11.0. The van der Waals surface area contributed by atoms with E-state index in [-0.39, 0.29) is 21.8 Å². The summed E-state index contributed by atoms with van der Waals surface area (Å²) in [7, 11) is 0. The fourth-order valence-electron chi connectivity index (χ4n) is 2.13. The second-order valence-corrected chi connectivity index (χ2v) is 8.78. The molecule has 0 aliphatic carbocycles. The van der Waals surface area contributed by atoms with Crippen LogP contribution in [0, 0.1) is 0 Å². The van der Waals surface area contributed by atoms with E-state index in [2.05, 4.69) is 69.9 Å². The molecule has 0 aliphatic rings. The molecule has 1 heterocycles. The van der Waals surface area contributed by atoms with Crippen molar-refractivity contribution in [3.8, 4) is 11.5 Å². The van der Waals surface area contributed by atoms with Gasteiger partial charge in [0.05, 0.1) is 0 Å². The van der Waals surface area contributed by atoms with Gasteiger partial charge in [-0.25, -0.2) is 0 Å². The molecule has 0 radical (unpaired) electrons. The molecular formula is C18H24N2O3S. The first-order valence-electron chi connectivity index (χ1n) is 7.81. The zero-order chi connectivity index (χ0) is 18.1. The van der Waals surface area contributed by atoms with Crippen LogP contribution >= 0.6 is 11.8 Å². The first-order valence-corrected chi connectivity index (χ1v) is 8.80. The highest BCUT2D eigenvalue weighted by atomic mass is 32.2. The third-order valence-corrected chi connectivity index (χ3v) is 4.44. The van der Waals surface area contributed by atoms with Crippen LogP contribution < -0.4 is 0 Å². The molecule has 2 aromatic rings. The largest absolute Gasteiger partial charge is 0.481 e. The van der Waals surface area contributed by atoms with Crippen molar-refractivity contribution in [1.82, 2.24) is 10.2 Å². The average molecular weight is 348 g/mol. The minimum Gasteiger partial charge on any atom is -0.481 e. The van der Waals surface area contributed by atoms with Gasteiger partial charge in [-0.2, -0.15) is 0 Å². The Kier molecular flexibility index (Phi) is 5.08. The van der Waals surface area contributed by atoms with Crippen LogP contribution in [-0.4, -0.2) is 27.0 Å². The van der Waals surface area contributed by atoms with Crippen LogP contribution in [0.2, 0.25) is 0 Å². The first kappa shape index (κ1) is 18.5. The van der Waals surface area contributed by atoms with Gasteiger partial charge in [0.2, 0.25) is 5.89 Å². The number of carboxylic acids is 1. The molecule has 130 valence electrons. The zero-order valence-corrected chi connectivity index (χ0v) is 15.8. The topological polar surface area (TPSA) is 76.2 Å². The maximum Gasteiger partial charge on any atom is 0.314 e. The highest BCUT2D eigenvalue weighted by molar-refractivity contribution is 7.99. The van der Waals surface area contributed by atoms with Crippen molar-refractivity contribution in [2.45, 2.75) is 57.6 Å². The normalized spacial score (nSPS) is 12.4. The summed E-state index contributed by atoms with van der Waals surface area (Å²) in [5.74, 6) is -0.597. The van der Waals surface area contributed by atoms with Crippen LogP contribution in [0.3, 0.4) is 0 Å². The van der Waals surface area contributed by atoms with Crippen LogP contribution in [0.4, 0.5) is 0 Å². The smallest absolute Gasteiger partial charge is 0.314 e. The molecule has 0 amide bonds. The highest BCUT2D eigenvalue weighted by Gasteiger charge is 2.22. The van der Waals surface area contributed by atoms with Crippen molar-refractivity contribution in [1.29, 1.82) is 0 Å². The Hall–Kier alpha value is -1.82. The van der Waals surface area contributed by atoms with Gasteiger partial charge in [-0.1, -0.05) is 59.4 Å². The maximum atomic E-state index is 10.6. The molecule has 0 unspecified atom stereocenters. The molecule has 0 saturated carbocycles. The molecule has 0 bridgehead atoms. The van der Waals surface area contributed by atoms with Crippen molar-refractivity contribution >= 4 is 17.7 Å². The van der Waals surface area contributed by atoms with Gasteiger partial charge in [0.25, 0.3) is 5.22 Å². The van der Waals surface area contributed by atoms with E-state index >= 15 is 0 Å². The molecule has 0 saturated heterocycles. The van der Waals surface area contributed by atoms with Gasteiger partial charge < -0.3 is 9.52 Å². The minimum absolute atomic E-state index is 0.00306. The summed E-state index contributed by atoms with van der Waals surface area (Å²) >= 11 is 1.02. The molecule has 5 nitrogen and oxygen atoms in total. The van der Waals surface area contributed by atoms with E-state index in [0.717, 1.165) is 17.3 Å². The molecule has 2 rings (SSSR count). The lowest BCUT2D eigenvalue weighted by molar-refractivity contribution is -0.133. The lowest BCUT2D eigenvalue weighted by Gasteiger charge is -2.25. The Labute approximate surface area is 146 Å². The van der Waals surface area contributed by atoms with Gasteiger partial charge in [-0.3, -0.25) is 4.79 Å². The highest BCUT2D eigenvalue weighted by Crippen LogP contribution is 2.34. The molecule has 1 aromatic carbocycles. The van der Waals surface area contributed by atoms with Gasteiger partial charge in [-0.15, -0.1) is 10.2 Å². The quantitative estimate of drug-likeness (QED) is 0.819. The van der Waals surface area contributed by atoms with E-state index in [1.807, 2.05) is 0 Å². The summed E-state index contributed by atoms with van der Waals surface area (Å²) in [6.07, 6.45) is 0. The lowest BCUT2D eigenvalue weighted by atomic mass is 9.79. The van der Waals surface area contributed by atoms with Crippen molar-refractivity contribution in [2.75, 3.05) is 5.75 Å². The molecule has 0 aliphatic heterocycles. The predicted octanol–water partition coefficient (Wildman–Crippen LogP) is 4.51. The number of carboxylic acid groups (broad SMARTS) is 1. The Morgan fingerprint density at radius 1 is 1.04 bits per heavy atom. The summed E-state index contributed by atoms with van der Waals surface area (Å²) < 4.78 is 5.63. The molecule has 0 spiro atoms. The maximum absolute atomic E-state index is 10.6. The Balaban J connectivity index is 2.44. The van der Waals surface area contributed by atoms with Gasteiger partial charge >= 0.3 is 5.97 Å². The second-order valence-electron chi connectivity index (χ2n) is 7.85. The number of aliphatic carboxylic acids is 1. The van der Waals surface area contributed by atoms with Gasteiger partial charge in [-0.05, 0) is 34.1 Å². The van der Waals surface area contributed by atoms with Crippen molar-refractivity contribution in [3.05, 3.63) is 29.3 Å². The zero-order valence-electron chi connectivity index (χ0n) is 15.0. The summed E-state index contributed by atoms with van der Waals surface area (Å²) in [6.45, 7) is 13.0.